The molecule has 1 amide bonds. The Labute approximate surface area is 188 Å². The van der Waals surface area contributed by atoms with Gasteiger partial charge in [-0.1, -0.05) is 17.8 Å². The first kappa shape index (κ1) is 21.1. The maximum atomic E-state index is 12.7. The molecule has 0 unspecified atom stereocenters. The molecule has 0 atom stereocenters. The van der Waals surface area contributed by atoms with E-state index in [1.54, 1.807) is 31.4 Å². The van der Waals surface area contributed by atoms with E-state index in [9.17, 15) is 14.9 Å². The standard InChI is InChI=1S/C23H19N3O3S2/c1-29-15-9-7-14(8-10-15)25-20(28)13-31-23-16(12-24)21(19-6-3-11-30-19)22-17(26-23)4-2-5-18(22)27/h3,6-11H,2,4-5,13H2,1H3,(H,25,28). The monoisotopic (exact) mass is 449 g/mol. The predicted molar refractivity (Wildman–Crippen MR) is 122 cm³/mol. The Morgan fingerprint density at radius 1 is 1.26 bits per heavy atom. The Morgan fingerprint density at radius 2 is 2.06 bits per heavy atom. The van der Waals surface area contributed by atoms with Crippen LogP contribution in [0, 0.1) is 11.3 Å². The van der Waals surface area contributed by atoms with Gasteiger partial charge in [0, 0.05) is 28.1 Å². The fourth-order valence-corrected chi connectivity index (χ4v) is 5.10. The number of benzene rings is 1. The number of nitrogens with one attached hydrogen (secondary N) is 1. The quantitative estimate of drug-likeness (QED) is 0.536. The van der Waals surface area contributed by atoms with Crippen molar-refractivity contribution in [3.05, 3.63) is 58.6 Å². The van der Waals surface area contributed by atoms with Gasteiger partial charge in [0.05, 0.1) is 24.1 Å². The van der Waals surface area contributed by atoms with E-state index in [-0.39, 0.29) is 17.4 Å². The number of pyridine rings is 1. The van der Waals surface area contributed by atoms with Crippen LogP contribution in [0.5, 0.6) is 5.75 Å². The molecule has 1 N–H and O–H groups in total. The third-order valence-corrected chi connectivity index (χ3v) is 6.79. The molecule has 1 aromatic carbocycles. The first-order valence-electron chi connectivity index (χ1n) is 9.71. The van der Waals surface area contributed by atoms with Crippen LogP contribution in [0.15, 0.2) is 46.8 Å². The van der Waals surface area contributed by atoms with E-state index in [1.807, 2.05) is 17.5 Å². The number of anilines is 1. The summed E-state index contributed by atoms with van der Waals surface area (Å²) in [5.74, 6) is 0.638. The van der Waals surface area contributed by atoms with Crippen molar-refractivity contribution in [1.29, 1.82) is 5.26 Å². The van der Waals surface area contributed by atoms with Crippen LogP contribution >= 0.6 is 23.1 Å². The van der Waals surface area contributed by atoms with Crippen LogP contribution in [0.4, 0.5) is 5.69 Å². The number of carbonyl (C=O) groups excluding carboxylic acids is 2. The van der Waals surface area contributed by atoms with E-state index in [0.29, 0.717) is 46.0 Å². The van der Waals surface area contributed by atoms with Gasteiger partial charge in [0.2, 0.25) is 5.91 Å². The summed E-state index contributed by atoms with van der Waals surface area (Å²) in [7, 11) is 1.58. The molecular formula is C23H19N3O3S2. The Morgan fingerprint density at radius 3 is 2.74 bits per heavy atom. The molecule has 0 aliphatic heterocycles. The van der Waals surface area contributed by atoms with Crippen molar-refractivity contribution < 1.29 is 14.3 Å². The zero-order valence-corrected chi connectivity index (χ0v) is 18.4. The smallest absolute Gasteiger partial charge is 0.234 e. The molecule has 1 aliphatic carbocycles. The molecular weight excluding hydrogens is 430 g/mol. The van der Waals surface area contributed by atoms with Gasteiger partial charge in [0.25, 0.3) is 0 Å². The van der Waals surface area contributed by atoms with E-state index in [2.05, 4.69) is 16.4 Å². The number of thiophene rings is 1. The topological polar surface area (TPSA) is 92.1 Å². The number of Topliss-reactive ketones (excluding diaryl/α,β-unsaturated/α-hetero) is 1. The molecule has 0 bridgehead atoms. The number of thioether (sulfide) groups is 1. The highest BCUT2D eigenvalue weighted by Gasteiger charge is 2.28. The lowest BCUT2D eigenvalue weighted by atomic mass is 9.88. The van der Waals surface area contributed by atoms with Crippen LogP contribution in [0.1, 0.15) is 34.5 Å². The van der Waals surface area contributed by atoms with Crippen LogP contribution in [-0.2, 0) is 11.2 Å². The molecule has 1 aliphatic rings. The molecule has 0 saturated carbocycles. The number of ketones is 1. The SMILES string of the molecule is COc1ccc(NC(=O)CSc2nc3c(c(-c4cccs4)c2C#N)C(=O)CCC3)cc1. The van der Waals surface area contributed by atoms with Gasteiger partial charge in [-0.05, 0) is 48.6 Å². The highest BCUT2D eigenvalue weighted by atomic mass is 32.2. The Hall–Kier alpha value is -3.15. The molecule has 31 heavy (non-hydrogen) atoms. The van der Waals surface area contributed by atoms with Crippen molar-refractivity contribution in [3.63, 3.8) is 0 Å². The highest BCUT2D eigenvalue weighted by Crippen LogP contribution is 2.39. The summed E-state index contributed by atoms with van der Waals surface area (Å²) in [6, 6.07) is 13.1. The largest absolute Gasteiger partial charge is 0.497 e. The summed E-state index contributed by atoms with van der Waals surface area (Å²) in [5, 5.41) is 15.2. The summed E-state index contributed by atoms with van der Waals surface area (Å²) in [4.78, 5) is 30.6. The van der Waals surface area contributed by atoms with Gasteiger partial charge < -0.3 is 10.1 Å². The number of aryl methyl sites for hydroxylation is 1. The van der Waals surface area contributed by atoms with Crippen molar-refractivity contribution in [2.24, 2.45) is 0 Å². The van der Waals surface area contributed by atoms with Gasteiger partial charge in [-0.3, -0.25) is 9.59 Å². The maximum Gasteiger partial charge on any atom is 0.234 e. The number of nitriles is 1. The van der Waals surface area contributed by atoms with E-state index in [1.165, 1.54) is 23.1 Å². The molecule has 3 aromatic rings. The fourth-order valence-electron chi connectivity index (χ4n) is 3.51. The van der Waals surface area contributed by atoms with Crippen LogP contribution in [-0.4, -0.2) is 29.5 Å². The molecule has 2 heterocycles. The summed E-state index contributed by atoms with van der Waals surface area (Å²) < 4.78 is 5.12. The van der Waals surface area contributed by atoms with Crippen molar-refractivity contribution in [1.82, 2.24) is 4.98 Å². The molecule has 0 fully saturated rings. The third-order valence-electron chi connectivity index (χ3n) is 4.93. The van der Waals surface area contributed by atoms with E-state index < -0.39 is 0 Å². The zero-order valence-electron chi connectivity index (χ0n) is 16.8. The number of rotatable bonds is 6. The average molecular weight is 450 g/mol. The predicted octanol–water partition coefficient (Wildman–Crippen LogP) is 4.94. The molecule has 8 heteroatoms. The number of aromatic nitrogens is 1. The average Bonchev–Trinajstić information content (AvgIpc) is 3.32. The van der Waals surface area contributed by atoms with Gasteiger partial charge in [-0.25, -0.2) is 4.98 Å². The molecule has 0 radical (unpaired) electrons. The lowest BCUT2D eigenvalue weighted by Crippen LogP contribution is -2.17. The summed E-state index contributed by atoms with van der Waals surface area (Å²) in [6.45, 7) is 0. The van der Waals surface area contributed by atoms with Gasteiger partial charge >= 0.3 is 0 Å². The molecule has 0 spiro atoms. The number of ether oxygens (including phenoxy) is 1. The number of hydrogen-bond donors (Lipinski definition) is 1. The second-order valence-electron chi connectivity index (χ2n) is 6.92. The molecule has 0 saturated heterocycles. The van der Waals surface area contributed by atoms with E-state index in [4.69, 9.17) is 4.74 Å². The lowest BCUT2D eigenvalue weighted by molar-refractivity contribution is -0.113. The fraction of sp³-hybridized carbons (Fsp3) is 0.217. The van der Waals surface area contributed by atoms with Crippen molar-refractivity contribution in [2.45, 2.75) is 24.3 Å². The zero-order chi connectivity index (χ0) is 21.8. The number of carbonyl (C=O) groups is 2. The molecule has 156 valence electrons. The minimum atomic E-state index is -0.202. The Bertz CT molecular complexity index is 1170. The van der Waals surface area contributed by atoms with E-state index >= 15 is 0 Å². The van der Waals surface area contributed by atoms with Crippen LogP contribution in [0.2, 0.25) is 0 Å². The summed E-state index contributed by atoms with van der Waals surface area (Å²) in [6.07, 6.45) is 1.90. The maximum absolute atomic E-state index is 12.7. The van der Waals surface area contributed by atoms with Crippen LogP contribution < -0.4 is 10.1 Å². The molecule has 6 nitrogen and oxygen atoms in total. The number of fused-ring (bicyclic) bond motifs is 1. The van der Waals surface area contributed by atoms with Crippen LogP contribution in [0.3, 0.4) is 0 Å². The second kappa shape index (κ2) is 9.33. The number of amides is 1. The normalized spacial score (nSPS) is 12.7. The second-order valence-corrected chi connectivity index (χ2v) is 8.83. The Balaban J connectivity index is 1.61. The van der Waals surface area contributed by atoms with E-state index in [0.717, 1.165) is 17.0 Å². The van der Waals surface area contributed by atoms with Crippen molar-refractivity contribution in [3.8, 4) is 22.3 Å². The van der Waals surface area contributed by atoms with Gasteiger partial charge in [0.15, 0.2) is 5.78 Å². The number of nitrogens with zero attached hydrogens (tertiary/aromatic N) is 2. The molecule has 4 rings (SSSR count). The van der Waals surface area contributed by atoms with Crippen molar-refractivity contribution >= 4 is 40.5 Å². The Kier molecular flexibility index (Phi) is 6.35. The number of methoxy groups -OCH3 is 1. The van der Waals surface area contributed by atoms with Crippen molar-refractivity contribution in [2.75, 3.05) is 18.2 Å². The number of hydrogen-bond acceptors (Lipinski definition) is 7. The minimum Gasteiger partial charge on any atom is -0.497 e. The first-order chi connectivity index (χ1) is 15.1. The van der Waals surface area contributed by atoms with Crippen LogP contribution in [0.25, 0.3) is 10.4 Å². The minimum absolute atomic E-state index is 0.0300. The van der Waals surface area contributed by atoms with Gasteiger partial charge in [0.1, 0.15) is 16.8 Å². The lowest BCUT2D eigenvalue weighted by Gasteiger charge is -2.20. The first-order valence-corrected chi connectivity index (χ1v) is 11.6. The highest BCUT2D eigenvalue weighted by molar-refractivity contribution is 8.00. The third kappa shape index (κ3) is 4.48. The van der Waals surface area contributed by atoms with Gasteiger partial charge in [-0.15, -0.1) is 11.3 Å². The summed E-state index contributed by atoms with van der Waals surface area (Å²) >= 11 is 2.70. The summed E-state index contributed by atoms with van der Waals surface area (Å²) in [5.41, 5.74) is 2.97. The van der Waals surface area contributed by atoms with Gasteiger partial charge in [-0.2, -0.15) is 5.26 Å². The molecule has 2 aromatic heterocycles.